The third-order valence-electron chi connectivity index (χ3n) is 4.54. The van der Waals surface area contributed by atoms with Crippen LogP contribution in [0.3, 0.4) is 0 Å². The first kappa shape index (κ1) is 13.4. The van der Waals surface area contributed by atoms with Gasteiger partial charge in [0.15, 0.2) is 0 Å². The predicted octanol–water partition coefficient (Wildman–Crippen LogP) is 2.74. The van der Waals surface area contributed by atoms with Crippen LogP contribution in [0.4, 0.5) is 0 Å². The van der Waals surface area contributed by atoms with E-state index in [1.807, 2.05) is 12.5 Å². The number of imidazole rings is 1. The number of aromatic nitrogens is 2. The molecule has 1 aliphatic heterocycles. The topological polar surface area (TPSA) is 29.9 Å². The van der Waals surface area contributed by atoms with Crippen molar-refractivity contribution < 1.29 is 0 Å². The first-order valence-electron chi connectivity index (χ1n) is 7.51. The first-order valence-corrected chi connectivity index (χ1v) is 7.51. The zero-order valence-electron chi connectivity index (χ0n) is 12.4. The summed E-state index contributed by atoms with van der Waals surface area (Å²) in [5, 5.41) is 3.47. The van der Waals surface area contributed by atoms with Crippen molar-refractivity contribution in [1.82, 2.24) is 14.9 Å². The Morgan fingerprint density at radius 2 is 2.10 bits per heavy atom. The third-order valence-corrected chi connectivity index (χ3v) is 4.54. The lowest BCUT2D eigenvalue weighted by Crippen LogP contribution is -2.28. The van der Waals surface area contributed by atoms with Crippen LogP contribution in [0.25, 0.3) is 0 Å². The maximum Gasteiger partial charge on any atom is 0.0951 e. The van der Waals surface area contributed by atoms with Gasteiger partial charge in [-0.3, -0.25) is 0 Å². The Hall–Kier alpha value is -1.61. The molecular formula is C17H23N3. The van der Waals surface area contributed by atoms with Crippen LogP contribution in [0.5, 0.6) is 0 Å². The van der Waals surface area contributed by atoms with Gasteiger partial charge < -0.3 is 9.88 Å². The molecule has 1 unspecified atom stereocenters. The molecule has 106 valence electrons. The quantitative estimate of drug-likeness (QED) is 0.925. The van der Waals surface area contributed by atoms with Gasteiger partial charge in [0.1, 0.15) is 0 Å². The number of hydrogen-bond donors (Lipinski definition) is 1. The van der Waals surface area contributed by atoms with Gasteiger partial charge in [0, 0.05) is 30.4 Å². The van der Waals surface area contributed by atoms with E-state index >= 15 is 0 Å². The minimum atomic E-state index is 0.220. The van der Waals surface area contributed by atoms with E-state index < -0.39 is 0 Å². The fourth-order valence-electron chi connectivity index (χ4n) is 3.23. The highest BCUT2D eigenvalue weighted by atomic mass is 15.1. The fourth-order valence-corrected chi connectivity index (χ4v) is 3.23. The molecule has 1 N–H and O–H groups in total. The van der Waals surface area contributed by atoms with Gasteiger partial charge in [-0.1, -0.05) is 38.1 Å². The summed E-state index contributed by atoms with van der Waals surface area (Å²) in [5.41, 5.74) is 4.41. The van der Waals surface area contributed by atoms with Crippen molar-refractivity contribution in [1.29, 1.82) is 0 Å². The lowest BCUT2D eigenvalue weighted by atomic mass is 9.86. The molecule has 20 heavy (non-hydrogen) atoms. The third kappa shape index (κ3) is 2.38. The Morgan fingerprint density at radius 3 is 2.80 bits per heavy atom. The molecule has 2 heterocycles. The van der Waals surface area contributed by atoms with Crippen molar-refractivity contribution in [3.8, 4) is 0 Å². The standard InChI is InChI=1S/C17H23N3/c1-3-14-6-4-5-7-15(14)11-20-13-19-10-16(20)17(2)8-9-18-12-17/h4-7,10,13,18H,3,8-9,11-12H2,1-2H3. The molecule has 0 bridgehead atoms. The molecule has 0 radical (unpaired) electrons. The molecule has 2 aromatic rings. The molecule has 0 amide bonds. The number of nitrogens with one attached hydrogen (secondary N) is 1. The lowest BCUT2D eigenvalue weighted by Gasteiger charge is -2.24. The molecule has 3 rings (SSSR count). The number of rotatable bonds is 4. The molecule has 3 nitrogen and oxygen atoms in total. The van der Waals surface area contributed by atoms with Gasteiger partial charge in [0.2, 0.25) is 0 Å². The normalized spacial score (nSPS) is 22.3. The minimum Gasteiger partial charge on any atom is -0.330 e. The molecule has 0 aliphatic carbocycles. The van der Waals surface area contributed by atoms with Gasteiger partial charge >= 0.3 is 0 Å². The molecule has 0 spiro atoms. The highest BCUT2D eigenvalue weighted by Crippen LogP contribution is 2.30. The minimum absolute atomic E-state index is 0.220. The monoisotopic (exact) mass is 269 g/mol. The highest BCUT2D eigenvalue weighted by Gasteiger charge is 2.33. The molecule has 3 heteroatoms. The number of aryl methyl sites for hydroxylation is 1. The zero-order chi connectivity index (χ0) is 14.0. The van der Waals surface area contributed by atoms with Gasteiger partial charge in [0.05, 0.1) is 6.33 Å². The number of benzene rings is 1. The second kappa shape index (κ2) is 5.41. The van der Waals surface area contributed by atoms with Gasteiger partial charge in [0.25, 0.3) is 0 Å². The van der Waals surface area contributed by atoms with E-state index in [2.05, 4.69) is 53.0 Å². The van der Waals surface area contributed by atoms with E-state index in [-0.39, 0.29) is 5.41 Å². The van der Waals surface area contributed by atoms with E-state index in [4.69, 9.17) is 0 Å². The molecule has 1 fully saturated rings. The van der Waals surface area contributed by atoms with Crippen LogP contribution in [0.15, 0.2) is 36.8 Å². The van der Waals surface area contributed by atoms with Crippen LogP contribution < -0.4 is 5.32 Å². The van der Waals surface area contributed by atoms with Crippen molar-refractivity contribution in [3.63, 3.8) is 0 Å². The summed E-state index contributed by atoms with van der Waals surface area (Å²) in [7, 11) is 0. The maximum atomic E-state index is 4.40. The van der Waals surface area contributed by atoms with Gasteiger partial charge in [-0.05, 0) is 30.5 Å². The Balaban J connectivity index is 1.90. The molecule has 1 aromatic carbocycles. The van der Waals surface area contributed by atoms with Crippen LogP contribution in [-0.2, 0) is 18.4 Å². The molecule has 1 saturated heterocycles. The highest BCUT2D eigenvalue weighted by molar-refractivity contribution is 5.28. The molecule has 1 atom stereocenters. The van der Waals surface area contributed by atoms with Crippen LogP contribution in [0, 0.1) is 0 Å². The summed E-state index contributed by atoms with van der Waals surface area (Å²) >= 11 is 0. The summed E-state index contributed by atoms with van der Waals surface area (Å²) in [5.74, 6) is 0. The van der Waals surface area contributed by atoms with Crippen molar-refractivity contribution >= 4 is 0 Å². The van der Waals surface area contributed by atoms with Crippen LogP contribution >= 0.6 is 0 Å². The van der Waals surface area contributed by atoms with Crippen LogP contribution in [0.1, 0.15) is 37.1 Å². The van der Waals surface area contributed by atoms with Crippen molar-refractivity contribution in [3.05, 3.63) is 53.6 Å². The SMILES string of the molecule is CCc1ccccc1Cn1cncc1C1(C)CCNC1. The fraction of sp³-hybridized carbons (Fsp3) is 0.471. The average molecular weight is 269 g/mol. The largest absolute Gasteiger partial charge is 0.330 e. The average Bonchev–Trinajstić information content (AvgIpc) is 3.09. The summed E-state index contributed by atoms with van der Waals surface area (Å²) in [6.45, 7) is 7.64. The van der Waals surface area contributed by atoms with E-state index in [0.29, 0.717) is 0 Å². The predicted molar refractivity (Wildman–Crippen MR) is 82.0 cm³/mol. The smallest absolute Gasteiger partial charge is 0.0951 e. The lowest BCUT2D eigenvalue weighted by molar-refractivity contribution is 0.481. The Kier molecular flexibility index (Phi) is 3.62. The number of hydrogen-bond acceptors (Lipinski definition) is 2. The Labute approximate surface area is 121 Å². The Morgan fingerprint density at radius 1 is 1.30 bits per heavy atom. The Bertz CT molecular complexity index is 579. The molecule has 1 aliphatic rings. The van der Waals surface area contributed by atoms with E-state index in [0.717, 1.165) is 26.1 Å². The summed E-state index contributed by atoms with van der Waals surface area (Å²) in [6, 6.07) is 8.71. The van der Waals surface area contributed by atoms with Gasteiger partial charge in [-0.25, -0.2) is 4.98 Å². The van der Waals surface area contributed by atoms with E-state index in [1.165, 1.54) is 23.2 Å². The first-order chi connectivity index (χ1) is 9.73. The maximum absolute atomic E-state index is 4.40. The van der Waals surface area contributed by atoms with E-state index in [9.17, 15) is 0 Å². The molecule has 0 saturated carbocycles. The van der Waals surface area contributed by atoms with Gasteiger partial charge in [-0.15, -0.1) is 0 Å². The second-order valence-corrected chi connectivity index (χ2v) is 6.02. The molecular weight excluding hydrogens is 246 g/mol. The van der Waals surface area contributed by atoms with E-state index in [1.54, 1.807) is 0 Å². The van der Waals surface area contributed by atoms with Crippen molar-refractivity contribution in [2.24, 2.45) is 0 Å². The second-order valence-electron chi connectivity index (χ2n) is 6.02. The van der Waals surface area contributed by atoms with Crippen LogP contribution in [-0.4, -0.2) is 22.6 Å². The van der Waals surface area contributed by atoms with Crippen molar-refractivity contribution in [2.45, 2.75) is 38.6 Å². The summed E-state index contributed by atoms with van der Waals surface area (Å²) in [4.78, 5) is 4.40. The zero-order valence-corrected chi connectivity index (χ0v) is 12.4. The van der Waals surface area contributed by atoms with Crippen molar-refractivity contribution in [2.75, 3.05) is 13.1 Å². The van der Waals surface area contributed by atoms with Gasteiger partial charge in [-0.2, -0.15) is 0 Å². The number of nitrogens with zero attached hydrogens (tertiary/aromatic N) is 2. The van der Waals surface area contributed by atoms with Crippen LogP contribution in [0.2, 0.25) is 0 Å². The summed E-state index contributed by atoms with van der Waals surface area (Å²) < 4.78 is 2.32. The summed E-state index contributed by atoms with van der Waals surface area (Å²) in [6.07, 6.45) is 6.29. The molecule has 1 aromatic heterocycles.